The van der Waals surface area contributed by atoms with Crippen LogP contribution in [-0.2, 0) is 25.5 Å². The van der Waals surface area contributed by atoms with Gasteiger partial charge in [-0.3, -0.25) is 19.7 Å². The summed E-state index contributed by atoms with van der Waals surface area (Å²) in [5.74, 6) is -2.08. The van der Waals surface area contributed by atoms with Gasteiger partial charge in [0, 0.05) is 19.2 Å². The number of carbonyl (C=O) groups is 2. The summed E-state index contributed by atoms with van der Waals surface area (Å²) in [7, 11) is 1.38. The van der Waals surface area contributed by atoms with Crippen molar-refractivity contribution < 1.29 is 24.0 Å². The number of rotatable bonds is 7. The average molecular weight is 295 g/mol. The van der Waals surface area contributed by atoms with E-state index < -0.39 is 23.1 Å². The number of ether oxygens (including phenoxy) is 2. The highest BCUT2D eigenvalue weighted by Crippen LogP contribution is 2.18. The Labute approximate surface area is 122 Å². The van der Waals surface area contributed by atoms with Gasteiger partial charge >= 0.3 is 5.97 Å². The van der Waals surface area contributed by atoms with E-state index in [9.17, 15) is 19.7 Å². The summed E-state index contributed by atoms with van der Waals surface area (Å²) in [5.41, 5.74) is 0.430. The quantitative estimate of drug-likeness (QED) is 0.250. The SMILES string of the molecule is COC(C)OC(=O)C(Cc1cccc([N+](=O)[O-])c1)C(C)=O. The van der Waals surface area contributed by atoms with Crippen molar-refractivity contribution in [1.29, 1.82) is 0 Å². The maximum atomic E-state index is 11.9. The van der Waals surface area contributed by atoms with Crippen LogP contribution in [0.4, 0.5) is 5.69 Å². The summed E-state index contributed by atoms with van der Waals surface area (Å²) in [6.07, 6.45) is -0.712. The van der Waals surface area contributed by atoms with Crippen LogP contribution >= 0.6 is 0 Å². The van der Waals surface area contributed by atoms with E-state index in [2.05, 4.69) is 0 Å². The summed E-state index contributed by atoms with van der Waals surface area (Å²) in [4.78, 5) is 33.7. The van der Waals surface area contributed by atoms with Gasteiger partial charge < -0.3 is 9.47 Å². The standard InChI is InChI=1S/C14H17NO6/c1-9(16)13(14(17)21-10(2)20-3)8-11-5-4-6-12(7-11)15(18)19/h4-7,10,13H,8H2,1-3H3. The van der Waals surface area contributed by atoms with Crippen molar-refractivity contribution in [2.24, 2.45) is 5.92 Å². The molecule has 0 spiro atoms. The topological polar surface area (TPSA) is 95.7 Å². The summed E-state index contributed by atoms with van der Waals surface area (Å²) >= 11 is 0. The van der Waals surface area contributed by atoms with Gasteiger partial charge in [0.25, 0.3) is 5.69 Å². The zero-order valence-electron chi connectivity index (χ0n) is 12.1. The van der Waals surface area contributed by atoms with Crippen molar-refractivity contribution in [3.05, 3.63) is 39.9 Å². The molecule has 0 aliphatic heterocycles. The van der Waals surface area contributed by atoms with Crippen LogP contribution in [0.3, 0.4) is 0 Å². The second-order valence-corrected chi connectivity index (χ2v) is 4.53. The summed E-state index contributed by atoms with van der Waals surface area (Å²) in [6.45, 7) is 2.81. The predicted octanol–water partition coefficient (Wildman–Crippen LogP) is 1.88. The van der Waals surface area contributed by atoms with E-state index in [4.69, 9.17) is 9.47 Å². The number of esters is 1. The van der Waals surface area contributed by atoms with Gasteiger partial charge in [0.1, 0.15) is 11.7 Å². The monoisotopic (exact) mass is 295 g/mol. The Balaban J connectivity index is 2.88. The Kier molecular flexibility index (Phi) is 5.98. The number of non-ortho nitro benzene ring substituents is 1. The highest BCUT2D eigenvalue weighted by atomic mass is 16.7. The Morgan fingerprint density at radius 3 is 2.57 bits per heavy atom. The van der Waals surface area contributed by atoms with Crippen LogP contribution in [0.25, 0.3) is 0 Å². The van der Waals surface area contributed by atoms with Crippen molar-refractivity contribution in [3.8, 4) is 0 Å². The molecule has 0 aliphatic rings. The van der Waals surface area contributed by atoms with Crippen molar-refractivity contribution in [2.45, 2.75) is 26.6 Å². The first kappa shape index (κ1) is 16.8. The molecule has 0 saturated carbocycles. The number of nitro benzene ring substituents is 1. The molecule has 21 heavy (non-hydrogen) atoms. The first-order valence-electron chi connectivity index (χ1n) is 6.32. The Hall–Kier alpha value is -2.28. The van der Waals surface area contributed by atoms with Crippen LogP contribution in [0.1, 0.15) is 19.4 Å². The van der Waals surface area contributed by atoms with Crippen molar-refractivity contribution >= 4 is 17.4 Å². The van der Waals surface area contributed by atoms with Crippen molar-refractivity contribution in [3.63, 3.8) is 0 Å². The molecule has 1 aromatic rings. The zero-order chi connectivity index (χ0) is 16.0. The van der Waals surface area contributed by atoms with E-state index >= 15 is 0 Å². The van der Waals surface area contributed by atoms with Gasteiger partial charge in [-0.2, -0.15) is 0 Å². The Morgan fingerprint density at radius 2 is 2.05 bits per heavy atom. The molecule has 0 radical (unpaired) electrons. The zero-order valence-corrected chi connectivity index (χ0v) is 12.1. The second-order valence-electron chi connectivity index (χ2n) is 4.53. The molecule has 7 nitrogen and oxygen atoms in total. The number of hydrogen-bond acceptors (Lipinski definition) is 6. The predicted molar refractivity (Wildman–Crippen MR) is 73.5 cm³/mol. The van der Waals surface area contributed by atoms with Gasteiger partial charge in [-0.25, -0.2) is 0 Å². The van der Waals surface area contributed by atoms with Crippen molar-refractivity contribution in [1.82, 2.24) is 0 Å². The highest BCUT2D eigenvalue weighted by Gasteiger charge is 2.27. The molecule has 0 aliphatic carbocycles. The van der Waals surface area contributed by atoms with E-state index in [0.29, 0.717) is 5.56 Å². The third-order valence-corrected chi connectivity index (χ3v) is 2.95. The number of methoxy groups -OCH3 is 1. The Morgan fingerprint density at radius 1 is 1.38 bits per heavy atom. The molecule has 2 unspecified atom stereocenters. The fourth-order valence-corrected chi connectivity index (χ4v) is 1.72. The normalized spacial score (nSPS) is 13.3. The maximum Gasteiger partial charge on any atom is 0.319 e. The van der Waals surface area contributed by atoms with E-state index in [1.54, 1.807) is 6.07 Å². The smallest absolute Gasteiger partial charge is 0.319 e. The van der Waals surface area contributed by atoms with Crippen LogP contribution in [0.5, 0.6) is 0 Å². The lowest BCUT2D eigenvalue weighted by Gasteiger charge is -2.16. The number of hydrogen-bond donors (Lipinski definition) is 0. The molecule has 1 aromatic carbocycles. The molecular formula is C14H17NO6. The molecule has 0 heterocycles. The number of nitro groups is 1. The van der Waals surface area contributed by atoms with Crippen LogP contribution in [0.2, 0.25) is 0 Å². The third kappa shape index (κ3) is 4.96. The maximum absolute atomic E-state index is 11.9. The molecule has 1 rings (SSSR count). The van der Waals surface area contributed by atoms with Crippen molar-refractivity contribution in [2.75, 3.05) is 7.11 Å². The van der Waals surface area contributed by atoms with Gasteiger partial charge in [0.15, 0.2) is 6.29 Å². The molecule has 114 valence electrons. The summed E-state index contributed by atoms with van der Waals surface area (Å²) in [5, 5.41) is 10.7. The lowest BCUT2D eigenvalue weighted by Crippen LogP contribution is -2.29. The second kappa shape index (κ2) is 7.49. The van der Waals surface area contributed by atoms with Crippen LogP contribution in [0.15, 0.2) is 24.3 Å². The number of benzene rings is 1. The third-order valence-electron chi connectivity index (χ3n) is 2.95. The minimum atomic E-state index is -1.01. The minimum Gasteiger partial charge on any atom is -0.436 e. The molecule has 0 bridgehead atoms. The molecule has 0 N–H and O–H groups in total. The number of nitrogens with zero attached hydrogens (tertiary/aromatic N) is 1. The van der Waals surface area contributed by atoms with Gasteiger partial charge in [-0.05, 0) is 25.8 Å². The van der Waals surface area contributed by atoms with Gasteiger partial charge in [0.2, 0.25) is 0 Å². The number of ketones is 1. The van der Waals surface area contributed by atoms with E-state index in [1.165, 1.54) is 39.2 Å². The Bertz CT molecular complexity index is 542. The lowest BCUT2D eigenvalue weighted by molar-refractivity contribution is -0.384. The molecule has 2 atom stereocenters. The first-order valence-corrected chi connectivity index (χ1v) is 6.32. The van der Waals surface area contributed by atoms with E-state index in [0.717, 1.165) is 0 Å². The average Bonchev–Trinajstić information content (AvgIpc) is 2.44. The highest BCUT2D eigenvalue weighted by molar-refractivity contribution is 5.98. The molecule has 0 fully saturated rings. The summed E-state index contributed by atoms with van der Waals surface area (Å²) < 4.78 is 9.76. The van der Waals surface area contributed by atoms with Gasteiger partial charge in [-0.15, -0.1) is 0 Å². The lowest BCUT2D eigenvalue weighted by atomic mass is 9.96. The molecule has 0 saturated heterocycles. The largest absolute Gasteiger partial charge is 0.436 e. The van der Waals surface area contributed by atoms with Crippen LogP contribution < -0.4 is 0 Å². The summed E-state index contributed by atoms with van der Waals surface area (Å²) in [6, 6.07) is 5.81. The number of Topliss-reactive ketones (excluding diaryl/α,β-unsaturated/α-hetero) is 1. The molecule has 7 heteroatoms. The number of carbonyl (C=O) groups excluding carboxylic acids is 2. The minimum absolute atomic E-state index is 0.0479. The molecule has 0 amide bonds. The fourth-order valence-electron chi connectivity index (χ4n) is 1.72. The van der Waals surface area contributed by atoms with Gasteiger partial charge in [-0.1, -0.05) is 12.1 Å². The molecular weight excluding hydrogens is 278 g/mol. The van der Waals surface area contributed by atoms with Crippen LogP contribution in [-0.4, -0.2) is 30.1 Å². The van der Waals surface area contributed by atoms with Crippen LogP contribution in [0, 0.1) is 16.0 Å². The molecule has 0 aromatic heterocycles. The van der Waals surface area contributed by atoms with Gasteiger partial charge in [0.05, 0.1) is 4.92 Å². The first-order chi connectivity index (χ1) is 9.85. The fraction of sp³-hybridized carbons (Fsp3) is 0.429. The van der Waals surface area contributed by atoms with E-state index in [1.807, 2.05) is 0 Å². The van der Waals surface area contributed by atoms with E-state index in [-0.39, 0.29) is 17.9 Å².